The molecule has 0 bridgehead atoms. The fourth-order valence-corrected chi connectivity index (χ4v) is 1.57. The van der Waals surface area contributed by atoms with Gasteiger partial charge in [0, 0.05) is 5.69 Å². The second kappa shape index (κ2) is 6.87. The van der Waals surface area contributed by atoms with E-state index in [1.807, 2.05) is 0 Å². The van der Waals surface area contributed by atoms with Gasteiger partial charge in [0.05, 0.1) is 5.69 Å². The molecule has 1 rings (SSSR count). The summed E-state index contributed by atoms with van der Waals surface area (Å²) in [4.78, 5) is 23.7. The standard InChI is InChI=1S/C16H25N3O4/c1-15(2,3)22-13(20)18-11-8-7-9-12(10-11)19(17)14(21)23-16(4,5)6/h7-10H,17H2,1-6H3,(H,18,20). The molecular weight excluding hydrogens is 298 g/mol. The van der Waals surface area contributed by atoms with E-state index in [4.69, 9.17) is 15.3 Å². The van der Waals surface area contributed by atoms with Crippen LogP contribution in [0.25, 0.3) is 0 Å². The van der Waals surface area contributed by atoms with Gasteiger partial charge in [-0.05, 0) is 59.7 Å². The van der Waals surface area contributed by atoms with E-state index in [9.17, 15) is 9.59 Å². The number of ether oxygens (including phenoxy) is 2. The molecule has 7 heteroatoms. The molecule has 0 aliphatic carbocycles. The highest BCUT2D eigenvalue weighted by molar-refractivity contribution is 5.89. The van der Waals surface area contributed by atoms with Crippen molar-refractivity contribution in [3.63, 3.8) is 0 Å². The van der Waals surface area contributed by atoms with Crippen molar-refractivity contribution < 1.29 is 19.1 Å². The molecule has 3 N–H and O–H groups in total. The molecule has 1 aromatic carbocycles. The normalized spacial score (nSPS) is 11.6. The molecule has 0 fully saturated rings. The van der Waals surface area contributed by atoms with Crippen LogP contribution in [0.3, 0.4) is 0 Å². The van der Waals surface area contributed by atoms with E-state index in [1.54, 1.807) is 65.8 Å². The lowest BCUT2D eigenvalue weighted by Gasteiger charge is -2.24. The predicted octanol–water partition coefficient (Wildman–Crippen LogP) is 3.65. The topological polar surface area (TPSA) is 93.9 Å². The zero-order valence-corrected chi connectivity index (χ0v) is 14.5. The lowest BCUT2D eigenvalue weighted by molar-refractivity contribution is 0.0578. The first-order valence-electron chi connectivity index (χ1n) is 7.25. The van der Waals surface area contributed by atoms with E-state index >= 15 is 0 Å². The van der Waals surface area contributed by atoms with Crippen molar-refractivity contribution in [2.24, 2.45) is 5.84 Å². The van der Waals surface area contributed by atoms with E-state index in [1.165, 1.54) is 0 Å². The quantitative estimate of drug-likeness (QED) is 0.492. The maximum atomic E-state index is 11.9. The molecular formula is C16H25N3O4. The molecule has 2 amide bonds. The van der Waals surface area contributed by atoms with Crippen LogP contribution in [-0.4, -0.2) is 23.4 Å². The van der Waals surface area contributed by atoms with Crippen LogP contribution >= 0.6 is 0 Å². The van der Waals surface area contributed by atoms with E-state index < -0.39 is 23.4 Å². The molecule has 0 radical (unpaired) electrons. The lowest BCUT2D eigenvalue weighted by Crippen LogP contribution is -2.41. The first kappa shape index (κ1) is 18.8. The maximum Gasteiger partial charge on any atom is 0.429 e. The largest absolute Gasteiger partial charge is 0.444 e. The van der Waals surface area contributed by atoms with Gasteiger partial charge in [-0.25, -0.2) is 20.4 Å². The molecule has 0 saturated carbocycles. The molecule has 0 aliphatic rings. The predicted molar refractivity (Wildman–Crippen MR) is 89.2 cm³/mol. The molecule has 0 spiro atoms. The molecule has 0 aliphatic heterocycles. The number of carbonyl (C=O) groups excluding carboxylic acids is 2. The minimum Gasteiger partial charge on any atom is -0.444 e. The summed E-state index contributed by atoms with van der Waals surface area (Å²) in [5.41, 5.74) is -0.414. The summed E-state index contributed by atoms with van der Waals surface area (Å²) < 4.78 is 10.4. The number of nitrogens with zero attached hydrogens (tertiary/aromatic N) is 1. The van der Waals surface area contributed by atoms with Crippen LogP contribution < -0.4 is 16.2 Å². The molecule has 0 unspecified atom stereocenters. The van der Waals surface area contributed by atoms with Crippen LogP contribution in [0.5, 0.6) is 0 Å². The number of nitrogens with two attached hydrogens (primary N) is 1. The Kier molecular flexibility index (Phi) is 5.60. The van der Waals surface area contributed by atoms with Gasteiger partial charge in [0.2, 0.25) is 0 Å². The molecule has 0 aromatic heterocycles. The van der Waals surface area contributed by atoms with Crippen LogP contribution in [0.1, 0.15) is 41.5 Å². The number of amides is 2. The van der Waals surface area contributed by atoms with E-state index in [0.29, 0.717) is 11.4 Å². The van der Waals surface area contributed by atoms with E-state index in [0.717, 1.165) is 5.01 Å². The summed E-state index contributed by atoms with van der Waals surface area (Å²) in [6.07, 6.45) is -1.28. The number of anilines is 2. The number of hydrogen-bond acceptors (Lipinski definition) is 5. The molecule has 7 nitrogen and oxygen atoms in total. The highest BCUT2D eigenvalue weighted by Gasteiger charge is 2.22. The molecule has 0 atom stereocenters. The average Bonchev–Trinajstić information content (AvgIpc) is 2.33. The third kappa shape index (κ3) is 7.01. The summed E-state index contributed by atoms with van der Waals surface area (Å²) >= 11 is 0. The highest BCUT2D eigenvalue weighted by atomic mass is 16.6. The maximum absolute atomic E-state index is 11.9. The average molecular weight is 323 g/mol. The Morgan fingerprint density at radius 2 is 1.61 bits per heavy atom. The van der Waals surface area contributed by atoms with Crippen molar-refractivity contribution in [2.45, 2.75) is 52.7 Å². The summed E-state index contributed by atoms with van der Waals surface area (Å²) in [6.45, 7) is 10.6. The van der Waals surface area contributed by atoms with Gasteiger partial charge in [-0.2, -0.15) is 0 Å². The third-order valence-corrected chi connectivity index (χ3v) is 2.36. The Hall–Kier alpha value is -2.28. The van der Waals surface area contributed by atoms with Crippen LogP contribution in [0.2, 0.25) is 0 Å². The minimum atomic E-state index is -0.688. The van der Waals surface area contributed by atoms with Crippen molar-refractivity contribution in [1.82, 2.24) is 0 Å². The molecule has 23 heavy (non-hydrogen) atoms. The molecule has 128 valence electrons. The first-order valence-corrected chi connectivity index (χ1v) is 7.25. The van der Waals surface area contributed by atoms with Crippen molar-refractivity contribution in [1.29, 1.82) is 0 Å². The van der Waals surface area contributed by atoms with Gasteiger partial charge in [-0.15, -0.1) is 0 Å². The van der Waals surface area contributed by atoms with Gasteiger partial charge >= 0.3 is 12.2 Å². The zero-order valence-electron chi connectivity index (χ0n) is 14.5. The Morgan fingerprint density at radius 1 is 1.04 bits per heavy atom. The first-order chi connectivity index (χ1) is 10.4. The number of benzene rings is 1. The van der Waals surface area contributed by atoms with Gasteiger partial charge < -0.3 is 9.47 Å². The van der Waals surface area contributed by atoms with Crippen molar-refractivity contribution in [2.75, 3.05) is 10.3 Å². The summed E-state index contributed by atoms with van der Waals surface area (Å²) in [5, 5.41) is 3.47. The zero-order chi connectivity index (χ0) is 17.8. The number of nitrogens with one attached hydrogen (secondary N) is 1. The van der Waals surface area contributed by atoms with Crippen molar-refractivity contribution >= 4 is 23.6 Å². The van der Waals surface area contributed by atoms with Crippen molar-refractivity contribution in [3.8, 4) is 0 Å². The second-order valence-electron chi connectivity index (χ2n) is 7.03. The van der Waals surface area contributed by atoms with Gasteiger partial charge in [0.1, 0.15) is 11.2 Å². The Morgan fingerprint density at radius 3 is 2.13 bits per heavy atom. The minimum absolute atomic E-state index is 0.382. The fraction of sp³-hybridized carbons (Fsp3) is 0.500. The Balaban J connectivity index is 2.80. The lowest BCUT2D eigenvalue weighted by atomic mass is 10.2. The smallest absolute Gasteiger partial charge is 0.429 e. The second-order valence-corrected chi connectivity index (χ2v) is 7.03. The molecule has 1 aromatic rings. The number of hydrogen-bond donors (Lipinski definition) is 2. The Bertz CT molecular complexity index is 573. The summed E-state index contributed by atoms with van der Waals surface area (Å²) in [5.74, 6) is 5.76. The van der Waals surface area contributed by atoms with Gasteiger partial charge in [0.25, 0.3) is 0 Å². The van der Waals surface area contributed by atoms with Crippen LogP contribution in [0.4, 0.5) is 21.0 Å². The van der Waals surface area contributed by atoms with Crippen molar-refractivity contribution in [3.05, 3.63) is 24.3 Å². The van der Waals surface area contributed by atoms with Gasteiger partial charge in [-0.1, -0.05) is 6.07 Å². The van der Waals surface area contributed by atoms with Crippen LogP contribution in [0.15, 0.2) is 24.3 Å². The van der Waals surface area contributed by atoms with E-state index in [2.05, 4.69) is 5.32 Å². The van der Waals surface area contributed by atoms with E-state index in [-0.39, 0.29) is 0 Å². The number of carbonyl (C=O) groups is 2. The van der Waals surface area contributed by atoms with Crippen LogP contribution in [0, 0.1) is 0 Å². The van der Waals surface area contributed by atoms with Gasteiger partial charge in [0.15, 0.2) is 0 Å². The number of hydrazine groups is 1. The monoisotopic (exact) mass is 323 g/mol. The number of rotatable bonds is 2. The molecule has 0 heterocycles. The third-order valence-electron chi connectivity index (χ3n) is 2.36. The highest BCUT2D eigenvalue weighted by Crippen LogP contribution is 2.20. The SMILES string of the molecule is CC(C)(C)OC(=O)Nc1cccc(N(N)C(=O)OC(C)(C)C)c1. The fourth-order valence-electron chi connectivity index (χ4n) is 1.57. The van der Waals surface area contributed by atoms with Gasteiger partial charge in [-0.3, -0.25) is 5.32 Å². The van der Waals surface area contributed by atoms with Crippen LogP contribution in [-0.2, 0) is 9.47 Å². The molecule has 0 saturated heterocycles. The summed E-state index contributed by atoms with van der Waals surface area (Å²) in [6, 6.07) is 6.50. The Labute approximate surface area is 136 Å². The summed E-state index contributed by atoms with van der Waals surface area (Å²) in [7, 11) is 0.